The van der Waals surface area contributed by atoms with E-state index >= 15 is 0 Å². The van der Waals surface area contributed by atoms with Gasteiger partial charge in [0, 0.05) is 25.3 Å². The molecule has 0 bridgehead atoms. The molecular weight excluding hydrogens is 256 g/mol. The van der Waals surface area contributed by atoms with Crippen molar-refractivity contribution >= 4 is 29.3 Å². The fourth-order valence-corrected chi connectivity index (χ4v) is 3.70. The molecule has 1 N–H and O–H groups in total. The summed E-state index contributed by atoms with van der Waals surface area (Å²) in [5, 5.41) is 4.23. The molecule has 2 aliphatic heterocycles. The van der Waals surface area contributed by atoms with Crippen molar-refractivity contribution in [2.24, 2.45) is 5.92 Å². The van der Waals surface area contributed by atoms with Crippen LogP contribution < -0.4 is 5.32 Å². The van der Waals surface area contributed by atoms with Crippen molar-refractivity contribution in [3.05, 3.63) is 0 Å². The topological polar surface area (TPSA) is 32.3 Å². The smallest absolute Gasteiger partial charge is 0.186 e. The summed E-state index contributed by atoms with van der Waals surface area (Å²) in [6.45, 7) is 7.61. The maximum absolute atomic E-state index is 11.0. The Morgan fingerprint density at radius 3 is 2.71 bits per heavy atom. The molecule has 0 aromatic carbocycles. The molecule has 3 nitrogen and oxygen atoms in total. The number of hydrogen-bond donors (Lipinski definition) is 1. The third-order valence-electron chi connectivity index (χ3n) is 3.54. The van der Waals surface area contributed by atoms with E-state index in [-0.39, 0.29) is 17.5 Å². The SMILES string of the molecule is CC(=O)SC1CCN(CC2CCNCC2)C1.Cl. The molecule has 0 amide bonds. The standard InChI is InChI=1S/C12H22N2OS.ClH/c1-10(15)16-12-4-7-14(9-12)8-11-2-5-13-6-3-11;/h11-13H,2-9H2,1H3;1H. The zero-order chi connectivity index (χ0) is 11.4. The van der Waals surface area contributed by atoms with Gasteiger partial charge in [-0.2, -0.15) is 0 Å². The van der Waals surface area contributed by atoms with E-state index in [1.807, 2.05) is 0 Å². The van der Waals surface area contributed by atoms with Crippen molar-refractivity contribution in [2.75, 3.05) is 32.7 Å². The van der Waals surface area contributed by atoms with Crippen LogP contribution in [-0.4, -0.2) is 48.0 Å². The van der Waals surface area contributed by atoms with Crippen molar-refractivity contribution < 1.29 is 4.79 Å². The average molecular weight is 279 g/mol. The summed E-state index contributed by atoms with van der Waals surface area (Å²) >= 11 is 1.53. The summed E-state index contributed by atoms with van der Waals surface area (Å²) in [4.78, 5) is 13.6. The molecule has 2 saturated heterocycles. The quantitative estimate of drug-likeness (QED) is 0.853. The van der Waals surface area contributed by atoms with Crippen LogP contribution in [0, 0.1) is 5.92 Å². The predicted molar refractivity (Wildman–Crippen MR) is 76.0 cm³/mol. The molecule has 2 fully saturated rings. The molecule has 0 radical (unpaired) electrons. The van der Waals surface area contributed by atoms with Gasteiger partial charge in [-0.15, -0.1) is 12.4 Å². The Bertz CT molecular complexity index is 247. The number of likely N-dealkylation sites (tertiary alicyclic amines) is 1. The summed E-state index contributed by atoms with van der Waals surface area (Å²) in [5.74, 6) is 0.877. The van der Waals surface area contributed by atoms with E-state index in [1.54, 1.807) is 6.92 Å². The largest absolute Gasteiger partial charge is 0.317 e. The highest BCUT2D eigenvalue weighted by atomic mass is 35.5. The summed E-state index contributed by atoms with van der Waals surface area (Å²) in [7, 11) is 0. The molecule has 0 spiro atoms. The average Bonchev–Trinajstić information content (AvgIpc) is 2.66. The predicted octanol–water partition coefficient (Wildman–Crippen LogP) is 1.76. The Kier molecular flexibility index (Phi) is 6.85. The molecule has 0 aromatic heterocycles. The normalized spacial score (nSPS) is 26.8. The van der Waals surface area contributed by atoms with Crippen LogP contribution in [0.15, 0.2) is 0 Å². The minimum absolute atomic E-state index is 0. The van der Waals surface area contributed by atoms with Gasteiger partial charge in [-0.1, -0.05) is 11.8 Å². The van der Waals surface area contributed by atoms with Gasteiger partial charge in [0.05, 0.1) is 0 Å². The van der Waals surface area contributed by atoms with Crippen LogP contribution in [0.5, 0.6) is 0 Å². The van der Waals surface area contributed by atoms with Crippen LogP contribution in [0.2, 0.25) is 0 Å². The van der Waals surface area contributed by atoms with Gasteiger partial charge in [-0.25, -0.2) is 0 Å². The minimum Gasteiger partial charge on any atom is -0.317 e. The summed E-state index contributed by atoms with van der Waals surface area (Å²) in [6, 6.07) is 0. The Hall–Kier alpha value is 0.230. The molecule has 2 rings (SSSR count). The number of nitrogens with one attached hydrogen (secondary N) is 1. The first kappa shape index (κ1) is 15.3. The fraction of sp³-hybridized carbons (Fsp3) is 0.917. The van der Waals surface area contributed by atoms with Crippen LogP contribution in [0.4, 0.5) is 0 Å². The van der Waals surface area contributed by atoms with Crippen LogP contribution in [-0.2, 0) is 4.79 Å². The van der Waals surface area contributed by atoms with Crippen molar-refractivity contribution in [2.45, 2.75) is 31.4 Å². The van der Waals surface area contributed by atoms with E-state index < -0.39 is 0 Å². The van der Waals surface area contributed by atoms with Gasteiger partial charge in [0.15, 0.2) is 5.12 Å². The van der Waals surface area contributed by atoms with Crippen molar-refractivity contribution in [1.29, 1.82) is 0 Å². The zero-order valence-corrected chi connectivity index (χ0v) is 12.1. The molecule has 1 atom stereocenters. The highest BCUT2D eigenvalue weighted by Gasteiger charge is 2.26. The van der Waals surface area contributed by atoms with Gasteiger partial charge in [0.1, 0.15) is 0 Å². The van der Waals surface area contributed by atoms with Crippen LogP contribution in [0.25, 0.3) is 0 Å². The van der Waals surface area contributed by atoms with Gasteiger partial charge in [0.2, 0.25) is 0 Å². The van der Waals surface area contributed by atoms with E-state index in [1.165, 1.54) is 57.2 Å². The maximum atomic E-state index is 11.0. The molecule has 0 aromatic rings. The van der Waals surface area contributed by atoms with Crippen LogP contribution in [0.3, 0.4) is 0 Å². The second-order valence-corrected chi connectivity index (χ2v) is 6.45. The summed E-state index contributed by atoms with van der Waals surface area (Å²) < 4.78 is 0. The van der Waals surface area contributed by atoms with E-state index in [2.05, 4.69) is 10.2 Å². The van der Waals surface area contributed by atoms with E-state index in [0.29, 0.717) is 5.25 Å². The highest BCUT2D eigenvalue weighted by Crippen LogP contribution is 2.25. The number of thioether (sulfide) groups is 1. The number of carbonyl (C=O) groups is 1. The van der Waals surface area contributed by atoms with Crippen molar-refractivity contribution in [3.8, 4) is 0 Å². The van der Waals surface area contributed by atoms with Crippen LogP contribution >= 0.6 is 24.2 Å². The Balaban J connectivity index is 0.00000144. The number of piperidine rings is 1. The monoisotopic (exact) mass is 278 g/mol. The Morgan fingerprint density at radius 2 is 2.06 bits per heavy atom. The van der Waals surface area contributed by atoms with Gasteiger partial charge >= 0.3 is 0 Å². The van der Waals surface area contributed by atoms with Gasteiger partial charge in [-0.3, -0.25) is 4.79 Å². The lowest BCUT2D eigenvalue weighted by Gasteiger charge is -2.27. The first-order valence-corrected chi connectivity index (χ1v) is 7.22. The molecule has 17 heavy (non-hydrogen) atoms. The molecule has 0 saturated carbocycles. The number of rotatable bonds is 3. The number of halogens is 1. The Morgan fingerprint density at radius 1 is 1.35 bits per heavy atom. The lowest BCUT2D eigenvalue weighted by molar-refractivity contribution is -0.109. The third-order valence-corrected chi connectivity index (χ3v) is 4.59. The second kappa shape index (κ2) is 7.62. The number of hydrogen-bond acceptors (Lipinski definition) is 4. The zero-order valence-electron chi connectivity index (χ0n) is 10.5. The first-order chi connectivity index (χ1) is 7.74. The highest BCUT2D eigenvalue weighted by molar-refractivity contribution is 8.14. The first-order valence-electron chi connectivity index (χ1n) is 6.34. The lowest BCUT2D eigenvalue weighted by atomic mass is 9.98. The van der Waals surface area contributed by atoms with Gasteiger partial charge < -0.3 is 10.2 Å². The molecule has 1 unspecified atom stereocenters. The van der Waals surface area contributed by atoms with Gasteiger partial charge in [-0.05, 0) is 44.8 Å². The lowest BCUT2D eigenvalue weighted by Crippen LogP contribution is -2.35. The van der Waals surface area contributed by atoms with Crippen molar-refractivity contribution in [3.63, 3.8) is 0 Å². The van der Waals surface area contributed by atoms with Crippen molar-refractivity contribution in [1.82, 2.24) is 10.2 Å². The molecular formula is C12H23ClN2OS. The molecule has 2 heterocycles. The van der Waals surface area contributed by atoms with E-state index in [0.717, 1.165) is 12.5 Å². The maximum Gasteiger partial charge on any atom is 0.186 e. The minimum atomic E-state index is 0. The number of carbonyl (C=O) groups excluding carboxylic acids is 1. The van der Waals surface area contributed by atoms with Crippen LogP contribution in [0.1, 0.15) is 26.2 Å². The summed E-state index contributed by atoms with van der Waals surface area (Å²) in [5.41, 5.74) is 0. The molecule has 100 valence electrons. The molecule has 2 aliphatic rings. The number of nitrogens with zero attached hydrogens (tertiary/aromatic N) is 1. The third kappa shape index (κ3) is 5.16. The summed E-state index contributed by atoms with van der Waals surface area (Å²) in [6.07, 6.45) is 3.83. The van der Waals surface area contributed by atoms with E-state index in [9.17, 15) is 4.79 Å². The fourth-order valence-electron chi connectivity index (χ4n) is 2.72. The van der Waals surface area contributed by atoms with Gasteiger partial charge in [0.25, 0.3) is 0 Å². The Labute approximate surface area is 114 Å². The van der Waals surface area contributed by atoms with E-state index in [4.69, 9.17) is 0 Å². The molecule has 5 heteroatoms. The second-order valence-electron chi connectivity index (χ2n) is 4.97. The molecule has 0 aliphatic carbocycles.